The maximum atomic E-state index is 12.1. The molecule has 286 valence electrons. The lowest BCUT2D eigenvalue weighted by molar-refractivity contribution is -0.151. The zero-order chi connectivity index (χ0) is 38.8. The van der Waals surface area contributed by atoms with E-state index in [1.165, 1.54) is 74.2 Å². The van der Waals surface area contributed by atoms with Gasteiger partial charge < -0.3 is 33.5 Å². The van der Waals surface area contributed by atoms with E-state index in [1.807, 2.05) is 18.2 Å². The van der Waals surface area contributed by atoms with Gasteiger partial charge in [0.25, 0.3) is 0 Å². The molecule has 5 aromatic rings. The molecule has 12 heteroatoms. The van der Waals surface area contributed by atoms with Crippen LogP contribution in [0.4, 0.5) is 11.4 Å². The number of hydrogen-bond acceptors (Lipinski definition) is 12. The third-order valence-electron chi connectivity index (χ3n) is 11.0. The molecule has 9 rings (SSSR count). The van der Waals surface area contributed by atoms with Crippen molar-refractivity contribution in [3.63, 3.8) is 0 Å². The standard InChI is InChI=1S/C21H19NO4.C17H17NO2.C5H8O4/c1-25-20(23)17-10-14-9-13-8-12-4-2-6-22-7-3-5-15(19(12)22)16(13)11-18(14)26-21(17)24;19-10-13-8-12-7-11-3-1-5-18-6-2-4-14(17(11)18)15(12)9-16(13)20;1-8-4(6)3-5(7)9-2/h8-11H,2-7H2,1H3;7-10,20H,1-6H2;3H2,1-2H3. The molecule has 0 radical (unpaired) electrons. The van der Waals surface area contributed by atoms with E-state index < -0.39 is 23.5 Å². The first-order valence-electron chi connectivity index (χ1n) is 18.7. The van der Waals surface area contributed by atoms with Crippen molar-refractivity contribution in [1.29, 1.82) is 0 Å². The summed E-state index contributed by atoms with van der Waals surface area (Å²) in [5.41, 5.74) is 8.50. The van der Waals surface area contributed by atoms with Gasteiger partial charge in [-0.2, -0.15) is 0 Å². The SMILES string of the molecule is COC(=O)CC(=O)OC.COC(=O)c1cc2cc3cc4c5c(c3cc2oc1=O)CCCN5CCC4.O=Cc1cc2cc3c4c(c2cc1O)CCCN4CCC3. The molecule has 0 spiro atoms. The first-order chi connectivity index (χ1) is 26.6. The number of rotatable bonds is 4. The van der Waals surface area contributed by atoms with Gasteiger partial charge in [0.2, 0.25) is 0 Å². The number of aldehydes is 1. The lowest BCUT2D eigenvalue weighted by Crippen LogP contribution is -2.34. The van der Waals surface area contributed by atoms with Crippen molar-refractivity contribution >= 4 is 68.1 Å². The number of ether oxygens (including phenoxy) is 3. The minimum Gasteiger partial charge on any atom is -0.507 e. The summed E-state index contributed by atoms with van der Waals surface area (Å²) in [7, 11) is 3.69. The molecule has 0 atom stereocenters. The number of methoxy groups -OCH3 is 3. The number of anilines is 2. The van der Waals surface area contributed by atoms with Crippen LogP contribution in [0.2, 0.25) is 0 Å². The smallest absolute Gasteiger partial charge is 0.351 e. The lowest BCUT2D eigenvalue weighted by atomic mass is 9.87. The Hall–Kier alpha value is -5.91. The molecule has 1 N–H and O–H groups in total. The molecule has 4 aliphatic heterocycles. The summed E-state index contributed by atoms with van der Waals surface area (Å²) in [6.07, 6.45) is 9.46. The van der Waals surface area contributed by atoms with Crippen molar-refractivity contribution in [2.24, 2.45) is 0 Å². The molecular formula is C43H44N2O10. The van der Waals surface area contributed by atoms with Crippen LogP contribution in [0.5, 0.6) is 5.75 Å². The minimum absolute atomic E-state index is 0.0650. The molecule has 0 fully saturated rings. The summed E-state index contributed by atoms with van der Waals surface area (Å²) >= 11 is 0. The van der Waals surface area contributed by atoms with Crippen molar-refractivity contribution in [2.45, 2.75) is 57.8 Å². The van der Waals surface area contributed by atoms with Gasteiger partial charge in [0.05, 0.1) is 26.9 Å². The highest BCUT2D eigenvalue weighted by Gasteiger charge is 2.27. The fraction of sp³-hybridized carbons (Fsp3) is 0.372. The molecule has 0 saturated heterocycles. The Morgan fingerprint density at radius 2 is 1.22 bits per heavy atom. The van der Waals surface area contributed by atoms with E-state index in [1.54, 1.807) is 12.1 Å². The number of carbonyl (C=O) groups excluding carboxylic acids is 4. The van der Waals surface area contributed by atoms with Crippen LogP contribution in [0.15, 0.2) is 51.7 Å². The molecule has 0 aliphatic carbocycles. The highest BCUT2D eigenvalue weighted by atomic mass is 16.5. The van der Waals surface area contributed by atoms with Crippen LogP contribution in [0.1, 0.15) is 75.1 Å². The van der Waals surface area contributed by atoms with Gasteiger partial charge in [0.1, 0.15) is 23.3 Å². The molecule has 5 heterocycles. The van der Waals surface area contributed by atoms with Gasteiger partial charge in [-0.25, -0.2) is 9.59 Å². The Labute approximate surface area is 317 Å². The lowest BCUT2D eigenvalue weighted by Gasteiger charge is -2.37. The summed E-state index contributed by atoms with van der Waals surface area (Å²) < 4.78 is 18.5. The predicted molar refractivity (Wildman–Crippen MR) is 209 cm³/mol. The number of phenolic OH excluding ortho intramolecular Hbond substituents is 1. The first kappa shape index (κ1) is 37.4. The Morgan fingerprint density at radius 1 is 0.691 bits per heavy atom. The van der Waals surface area contributed by atoms with E-state index in [2.05, 4.69) is 36.1 Å². The second-order valence-electron chi connectivity index (χ2n) is 14.2. The Balaban J connectivity index is 0.000000142. The van der Waals surface area contributed by atoms with Gasteiger partial charge in [0.15, 0.2) is 6.29 Å². The molecule has 12 nitrogen and oxygen atoms in total. The Kier molecular flexibility index (Phi) is 10.8. The van der Waals surface area contributed by atoms with Crippen LogP contribution in [0.3, 0.4) is 0 Å². The zero-order valence-corrected chi connectivity index (χ0v) is 31.3. The first-order valence-corrected chi connectivity index (χ1v) is 18.7. The molecule has 4 aromatic carbocycles. The van der Waals surface area contributed by atoms with E-state index >= 15 is 0 Å². The van der Waals surface area contributed by atoms with Crippen LogP contribution >= 0.6 is 0 Å². The van der Waals surface area contributed by atoms with E-state index in [4.69, 9.17) is 4.42 Å². The number of nitrogens with zero attached hydrogens (tertiary/aromatic N) is 2. The van der Waals surface area contributed by atoms with Crippen LogP contribution in [0, 0.1) is 0 Å². The van der Waals surface area contributed by atoms with Gasteiger partial charge in [-0.3, -0.25) is 14.4 Å². The third-order valence-corrected chi connectivity index (χ3v) is 11.0. The van der Waals surface area contributed by atoms with Crippen LogP contribution < -0.4 is 15.4 Å². The monoisotopic (exact) mass is 748 g/mol. The summed E-state index contributed by atoms with van der Waals surface area (Å²) in [5, 5.41) is 15.2. The molecule has 4 aliphatic rings. The van der Waals surface area contributed by atoms with Gasteiger partial charge in [-0.15, -0.1) is 0 Å². The van der Waals surface area contributed by atoms with Crippen LogP contribution in [0.25, 0.3) is 32.5 Å². The highest BCUT2D eigenvalue weighted by Crippen LogP contribution is 2.42. The quantitative estimate of drug-likeness (QED) is 0.0555. The topological polar surface area (TPSA) is 153 Å². The van der Waals surface area contributed by atoms with Crippen LogP contribution in [-0.2, 0) is 49.5 Å². The number of aryl methyl sites for hydroxylation is 4. The largest absolute Gasteiger partial charge is 0.507 e. The summed E-state index contributed by atoms with van der Waals surface area (Å²) in [4.78, 5) is 60.4. The number of aromatic hydroxyl groups is 1. The third kappa shape index (κ3) is 7.33. The second kappa shape index (κ2) is 15.8. The normalized spacial score (nSPS) is 15.1. The van der Waals surface area contributed by atoms with Crippen molar-refractivity contribution < 1.29 is 42.9 Å². The summed E-state index contributed by atoms with van der Waals surface area (Å²) in [5.74, 6) is -1.74. The zero-order valence-electron chi connectivity index (χ0n) is 31.3. The van der Waals surface area contributed by atoms with Crippen LogP contribution in [-0.4, -0.2) is 76.8 Å². The van der Waals surface area contributed by atoms with E-state index in [0.29, 0.717) is 11.1 Å². The number of benzene rings is 4. The highest BCUT2D eigenvalue weighted by molar-refractivity contribution is 6.03. The Morgan fingerprint density at radius 3 is 1.75 bits per heavy atom. The van der Waals surface area contributed by atoms with Crippen molar-refractivity contribution in [3.05, 3.63) is 86.3 Å². The average molecular weight is 749 g/mol. The average Bonchev–Trinajstić information content (AvgIpc) is 3.20. The number of hydrogen-bond donors (Lipinski definition) is 1. The molecular weight excluding hydrogens is 704 g/mol. The van der Waals surface area contributed by atoms with Crippen molar-refractivity contribution in [3.8, 4) is 5.75 Å². The van der Waals surface area contributed by atoms with E-state index in [-0.39, 0.29) is 17.7 Å². The fourth-order valence-corrected chi connectivity index (χ4v) is 8.49. The molecule has 1 aromatic heterocycles. The van der Waals surface area contributed by atoms with Crippen molar-refractivity contribution in [2.75, 3.05) is 57.3 Å². The molecule has 0 bridgehead atoms. The van der Waals surface area contributed by atoms with Gasteiger partial charge in [-0.1, -0.05) is 0 Å². The Bertz CT molecular complexity index is 2400. The summed E-state index contributed by atoms with van der Waals surface area (Å²) in [6.45, 7) is 4.53. The molecule has 0 amide bonds. The van der Waals surface area contributed by atoms with E-state index in [0.717, 1.165) is 91.5 Å². The number of carbonyl (C=O) groups is 4. The fourth-order valence-electron chi connectivity index (χ4n) is 8.49. The molecule has 55 heavy (non-hydrogen) atoms. The van der Waals surface area contributed by atoms with Gasteiger partial charge >= 0.3 is 23.5 Å². The number of esters is 3. The van der Waals surface area contributed by atoms with Gasteiger partial charge in [-0.05, 0) is 138 Å². The number of fused-ring (bicyclic) bond motifs is 5. The minimum atomic E-state index is -0.670. The second-order valence-corrected chi connectivity index (χ2v) is 14.2. The van der Waals surface area contributed by atoms with Gasteiger partial charge in [0, 0.05) is 42.9 Å². The van der Waals surface area contributed by atoms with E-state index in [9.17, 15) is 29.1 Å². The number of phenols is 1. The molecule has 0 saturated carbocycles. The maximum absolute atomic E-state index is 12.1. The summed E-state index contributed by atoms with van der Waals surface area (Å²) in [6, 6.07) is 13.6. The predicted octanol–water partition coefficient (Wildman–Crippen LogP) is 6.21. The molecule has 0 unspecified atom stereocenters. The maximum Gasteiger partial charge on any atom is 0.351 e. The van der Waals surface area contributed by atoms with Crippen molar-refractivity contribution in [1.82, 2.24) is 0 Å².